The first-order chi connectivity index (χ1) is 14.8. The van der Waals surface area contributed by atoms with Crippen molar-refractivity contribution >= 4 is 21.6 Å². The van der Waals surface area contributed by atoms with E-state index in [-0.39, 0.29) is 17.3 Å². The Balaban J connectivity index is 1.79. The fourth-order valence-corrected chi connectivity index (χ4v) is 4.74. The Morgan fingerprint density at radius 1 is 0.935 bits per heavy atom. The van der Waals surface area contributed by atoms with Crippen molar-refractivity contribution in [3.63, 3.8) is 0 Å². The minimum atomic E-state index is -3.93. The molecule has 5 nitrogen and oxygen atoms in total. The van der Waals surface area contributed by atoms with Crippen LogP contribution in [-0.2, 0) is 21.2 Å². The number of nitrogens with one attached hydrogen (secondary N) is 1. The van der Waals surface area contributed by atoms with E-state index in [4.69, 9.17) is 0 Å². The summed E-state index contributed by atoms with van der Waals surface area (Å²) in [4.78, 5) is 12.8. The van der Waals surface area contributed by atoms with Gasteiger partial charge in [0, 0.05) is 6.54 Å². The number of nitrogens with zero attached hydrogens (tertiary/aromatic N) is 1. The summed E-state index contributed by atoms with van der Waals surface area (Å²) in [5, 5.41) is 2.76. The van der Waals surface area contributed by atoms with Gasteiger partial charge in [0.1, 0.15) is 12.4 Å². The van der Waals surface area contributed by atoms with E-state index in [1.807, 2.05) is 19.9 Å². The number of rotatable bonds is 8. The molecule has 0 bridgehead atoms. The summed E-state index contributed by atoms with van der Waals surface area (Å²) >= 11 is 0. The molecule has 0 heterocycles. The van der Waals surface area contributed by atoms with Gasteiger partial charge in [0.05, 0.1) is 10.6 Å². The van der Waals surface area contributed by atoms with Crippen molar-refractivity contribution in [2.75, 3.05) is 17.4 Å². The average Bonchev–Trinajstić information content (AvgIpc) is 2.73. The van der Waals surface area contributed by atoms with Crippen LogP contribution in [0, 0.1) is 19.7 Å². The monoisotopic (exact) mass is 440 g/mol. The van der Waals surface area contributed by atoms with E-state index in [2.05, 4.69) is 5.32 Å². The molecule has 0 saturated carbocycles. The molecule has 0 aliphatic heterocycles. The first-order valence-electron chi connectivity index (χ1n) is 9.93. The Hall–Kier alpha value is -3.19. The number of halogens is 1. The molecule has 0 aliphatic rings. The predicted molar refractivity (Wildman–Crippen MR) is 120 cm³/mol. The number of anilines is 1. The Bertz CT molecular complexity index is 1130. The summed E-state index contributed by atoms with van der Waals surface area (Å²) in [6, 6.07) is 19.5. The van der Waals surface area contributed by atoms with Crippen LogP contribution in [0.2, 0.25) is 0 Å². The van der Waals surface area contributed by atoms with Crippen LogP contribution in [0.15, 0.2) is 77.7 Å². The molecule has 162 valence electrons. The van der Waals surface area contributed by atoms with Gasteiger partial charge in [-0.05, 0) is 73.4 Å². The lowest BCUT2D eigenvalue weighted by Gasteiger charge is -2.25. The van der Waals surface area contributed by atoms with Crippen LogP contribution >= 0.6 is 0 Å². The van der Waals surface area contributed by atoms with Gasteiger partial charge in [0.25, 0.3) is 10.0 Å². The third kappa shape index (κ3) is 5.92. The number of aryl methyl sites for hydroxylation is 2. The fourth-order valence-electron chi connectivity index (χ4n) is 3.31. The Labute approximate surface area is 182 Å². The van der Waals surface area contributed by atoms with E-state index in [1.54, 1.807) is 42.5 Å². The molecule has 3 aromatic carbocycles. The van der Waals surface area contributed by atoms with Gasteiger partial charge in [-0.3, -0.25) is 9.10 Å². The van der Waals surface area contributed by atoms with Crippen molar-refractivity contribution in [3.05, 3.63) is 95.3 Å². The molecule has 0 aromatic heterocycles. The predicted octanol–water partition coefficient (Wildman–Crippen LogP) is 4.00. The Morgan fingerprint density at radius 2 is 1.55 bits per heavy atom. The number of benzene rings is 3. The quantitative estimate of drug-likeness (QED) is 0.576. The third-order valence-corrected chi connectivity index (χ3v) is 6.55. The number of carbonyl (C=O) groups excluding carboxylic acids is 1. The maximum absolute atomic E-state index is 13.3. The number of amides is 1. The number of hydrogen-bond donors (Lipinski definition) is 1. The first-order valence-corrected chi connectivity index (χ1v) is 11.4. The standard InChI is InChI=1S/C24H25FN2O3S/c1-18-14-19(2)16-22(15-18)27(31(29,30)23-6-4-3-5-7-23)17-24(28)26-13-12-20-8-10-21(25)11-9-20/h3-11,14-16H,12-13,17H2,1-2H3,(H,26,28). The lowest BCUT2D eigenvalue weighted by atomic mass is 10.1. The molecule has 1 N–H and O–H groups in total. The highest BCUT2D eigenvalue weighted by atomic mass is 32.2. The molecule has 31 heavy (non-hydrogen) atoms. The maximum Gasteiger partial charge on any atom is 0.264 e. The topological polar surface area (TPSA) is 66.5 Å². The smallest absolute Gasteiger partial charge is 0.264 e. The third-order valence-electron chi connectivity index (χ3n) is 4.76. The minimum Gasteiger partial charge on any atom is -0.354 e. The van der Waals surface area contributed by atoms with Gasteiger partial charge in [-0.15, -0.1) is 0 Å². The van der Waals surface area contributed by atoms with Crippen molar-refractivity contribution in [2.24, 2.45) is 0 Å². The van der Waals surface area contributed by atoms with Gasteiger partial charge in [-0.2, -0.15) is 0 Å². The van der Waals surface area contributed by atoms with Crippen molar-refractivity contribution in [2.45, 2.75) is 25.2 Å². The molecule has 0 aliphatic carbocycles. The molecule has 0 spiro atoms. The van der Waals surface area contributed by atoms with Crippen LogP contribution in [-0.4, -0.2) is 27.4 Å². The molecule has 3 aromatic rings. The Kier molecular flexibility index (Phi) is 7.07. The highest BCUT2D eigenvalue weighted by Crippen LogP contribution is 2.25. The van der Waals surface area contributed by atoms with Gasteiger partial charge in [0.15, 0.2) is 0 Å². The zero-order chi connectivity index (χ0) is 22.4. The van der Waals surface area contributed by atoms with Gasteiger partial charge in [-0.25, -0.2) is 12.8 Å². The second-order valence-electron chi connectivity index (χ2n) is 7.40. The van der Waals surface area contributed by atoms with Crippen LogP contribution in [0.4, 0.5) is 10.1 Å². The van der Waals surface area contributed by atoms with Gasteiger partial charge < -0.3 is 5.32 Å². The second kappa shape index (κ2) is 9.75. The zero-order valence-electron chi connectivity index (χ0n) is 17.5. The van der Waals surface area contributed by atoms with Crippen molar-refractivity contribution in [1.29, 1.82) is 0 Å². The summed E-state index contributed by atoms with van der Waals surface area (Å²) < 4.78 is 40.8. The van der Waals surface area contributed by atoms with Gasteiger partial charge >= 0.3 is 0 Å². The summed E-state index contributed by atoms with van der Waals surface area (Å²) in [7, 11) is -3.93. The van der Waals surface area contributed by atoms with Gasteiger partial charge in [-0.1, -0.05) is 36.4 Å². The molecule has 7 heteroatoms. The molecule has 3 rings (SSSR count). The normalized spacial score (nSPS) is 11.2. The van der Waals surface area contributed by atoms with Crippen molar-refractivity contribution in [3.8, 4) is 0 Å². The summed E-state index contributed by atoms with van der Waals surface area (Å²) in [6.45, 7) is 3.74. The van der Waals surface area contributed by atoms with E-state index < -0.39 is 15.9 Å². The lowest BCUT2D eigenvalue weighted by molar-refractivity contribution is -0.119. The molecular weight excluding hydrogens is 415 g/mol. The van der Waals surface area contributed by atoms with Crippen LogP contribution in [0.1, 0.15) is 16.7 Å². The molecule has 0 saturated heterocycles. The molecule has 0 fully saturated rings. The van der Waals surface area contributed by atoms with E-state index in [9.17, 15) is 17.6 Å². The molecular formula is C24H25FN2O3S. The first kappa shape index (κ1) is 22.5. The van der Waals surface area contributed by atoms with E-state index in [0.29, 0.717) is 18.7 Å². The zero-order valence-corrected chi connectivity index (χ0v) is 18.3. The van der Waals surface area contributed by atoms with Crippen LogP contribution in [0.5, 0.6) is 0 Å². The highest BCUT2D eigenvalue weighted by molar-refractivity contribution is 7.92. The lowest BCUT2D eigenvalue weighted by Crippen LogP contribution is -2.41. The number of hydrogen-bond acceptors (Lipinski definition) is 3. The maximum atomic E-state index is 13.3. The number of carbonyl (C=O) groups is 1. The van der Waals surface area contributed by atoms with Crippen LogP contribution < -0.4 is 9.62 Å². The van der Waals surface area contributed by atoms with Crippen molar-refractivity contribution < 1.29 is 17.6 Å². The largest absolute Gasteiger partial charge is 0.354 e. The average molecular weight is 441 g/mol. The Morgan fingerprint density at radius 3 is 2.16 bits per heavy atom. The van der Waals surface area contributed by atoms with E-state index in [1.165, 1.54) is 24.3 Å². The summed E-state index contributed by atoms with van der Waals surface area (Å²) in [6.07, 6.45) is 0.515. The summed E-state index contributed by atoms with van der Waals surface area (Å²) in [5.41, 5.74) is 3.12. The van der Waals surface area contributed by atoms with E-state index >= 15 is 0 Å². The second-order valence-corrected chi connectivity index (χ2v) is 9.26. The molecule has 0 atom stereocenters. The van der Waals surface area contributed by atoms with Gasteiger partial charge in [0.2, 0.25) is 5.91 Å². The minimum absolute atomic E-state index is 0.119. The molecule has 0 radical (unpaired) electrons. The SMILES string of the molecule is Cc1cc(C)cc(N(CC(=O)NCCc2ccc(F)cc2)S(=O)(=O)c2ccccc2)c1. The molecule has 0 unspecified atom stereocenters. The van der Waals surface area contributed by atoms with Crippen LogP contribution in [0.25, 0.3) is 0 Å². The van der Waals surface area contributed by atoms with Crippen LogP contribution in [0.3, 0.4) is 0 Å². The summed E-state index contributed by atoms with van der Waals surface area (Å²) in [5.74, 6) is -0.733. The highest BCUT2D eigenvalue weighted by Gasteiger charge is 2.27. The number of sulfonamides is 1. The van der Waals surface area contributed by atoms with Crippen molar-refractivity contribution in [1.82, 2.24) is 5.32 Å². The fraction of sp³-hybridized carbons (Fsp3) is 0.208. The van der Waals surface area contributed by atoms with E-state index in [0.717, 1.165) is 21.0 Å². The molecule has 1 amide bonds.